The van der Waals surface area contributed by atoms with Crippen LogP contribution in [-0.4, -0.2) is 47.6 Å². The fraction of sp³-hybridized carbons (Fsp3) is 0.409. The van der Waals surface area contributed by atoms with Gasteiger partial charge in [-0.15, -0.1) is 24.0 Å². The molecule has 2 fully saturated rings. The molecule has 7 nitrogen and oxygen atoms in total. The van der Waals surface area contributed by atoms with E-state index < -0.39 is 0 Å². The van der Waals surface area contributed by atoms with Crippen LogP contribution < -0.4 is 11.1 Å². The summed E-state index contributed by atoms with van der Waals surface area (Å²) in [5.74, 6) is 0.800. The highest BCUT2D eigenvalue weighted by Gasteiger charge is 2.48. The van der Waals surface area contributed by atoms with E-state index in [1.165, 1.54) is 23.3 Å². The lowest BCUT2D eigenvalue weighted by Gasteiger charge is -2.53. The predicted octanol–water partition coefficient (Wildman–Crippen LogP) is 4.31. The number of nitrogens with one attached hydrogen (secondary N) is 1. The third kappa shape index (κ3) is 4.03. The molecule has 3 aromatic rings. The summed E-state index contributed by atoms with van der Waals surface area (Å²) >= 11 is 12.4. The maximum Gasteiger partial charge on any atom is 0.209 e. The van der Waals surface area contributed by atoms with Gasteiger partial charge in [0.05, 0.1) is 34.7 Å². The lowest BCUT2D eigenvalue weighted by molar-refractivity contribution is -0.188. The second kappa shape index (κ2) is 8.70. The number of rotatable bonds is 3. The van der Waals surface area contributed by atoms with Crippen molar-refractivity contribution in [3.8, 4) is 0 Å². The second-order valence-electron chi connectivity index (χ2n) is 8.63. The number of thiol groups is 1. The number of aromatic nitrogens is 2. The SMILES string of the molecule is Nc1cc(Cl)c(Nc2ncnc3sc4c(c23)CCCC4)cc1S.O=CN1CC2(COC2)C1. The van der Waals surface area contributed by atoms with E-state index in [2.05, 4.69) is 27.9 Å². The number of halogens is 1. The average Bonchev–Trinajstić information content (AvgIpc) is 3.10. The molecule has 0 saturated carbocycles. The Bertz CT molecular complexity index is 1170. The van der Waals surface area contributed by atoms with Crippen molar-refractivity contribution in [1.29, 1.82) is 0 Å². The van der Waals surface area contributed by atoms with Crippen molar-refractivity contribution >= 4 is 69.4 Å². The normalized spacial score (nSPS) is 18.2. The summed E-state index contributed by atoms with van der Waals surface area (Å²) in [6, 6.07) is 3.53. The maximum atomic E-state index is 10.1. The summed E-state index contributed by atoms with van der Waals surface area (Å²) in [4.78, 5) is 23.9. The number of nitrogen functional groups attached to an aromatic ring is 1. The van der Waals surface area contributed by atoms with Crippen molar-refractivity contribution in [3.05, 3.63) is 33.9 Å². The molecule has 1 spiro atoms. The predicted molar refractivity (Wildman–Crippen MR) is 131 cm³/mol. The van der Waals surface area contributed by atoms with Gasteiger partial charge in [-0.3, -0.25) is 4.79 Å². The summed E-state index contributed by atoms with van der Waals surface area (Å²) in [6.45, 7) is 3.54. The maximum absolute atomic E-state index is 10.1. The minimum Gasteiger partial charge on any atom is -0.398 e. The number of hydrogen-bond donors (Lipinski definition) is 3. The molecule has 0 radical (unpaired) electrons. The fourth-order valence-corrected chi connectivity index (χ4v) is 6.09. The molecular formula is C22H24ClN5O2S2. The molecule has 0 bridgehead atoms. The zero-order valence-electron chi connectivity index (χ0n) is 17.4. The van der Waals surface area contributed by atoms with Crippen LogP contribution in [0, 0.1) is 5.41 Å². The van der Waals surface area contributed by atoms with Gasteiger partial charge in [0, 0.05) is 28.5 Å². The van der Waals surface area contributed by atoms with Crippen LogP contribution in [0.25, 0.3) is 10.2 Å². The summed E-state index contributed by atoms with van der Waals surface area (Å²) in [5, 5.41) is 5.02. The number of amides is 1. The van der Waals surface area contributed by atoms with Gasteiger partial charge in [0.1, 0.15) is 17.0 Å². The van der Waals surface area contributed by atoms with Crippen LogP contribution in [0.3, 0.4) is 0 Å². The zero-order valence-corrected chi connectivity index (χ0v) is 19.9. The molecule has 1 amide bonds. The van der Waals surface area contributed by atoms with Crippen molar-refractivity contribution in [2.24, 2.45) is 5.41 Å². The molecule has 2 saturated heterocycles. The first kappa shape index (κ1) is 21.8. The van der Waals surface area contributed by atoms with Crippen LogP contribution in [0.2, 0.25) is 5.02 Å². The monoisotopic (exact) mass is 489 g/mol. The van der Waals surface area contributed by atoms with Crippen molar-refractivity contribution < 1.29 is 9.53 Å². The van der Waals surface area contributed by atoms with Crippen molar-refractivity contribution in [1.82, 2.24) is 14.9 Å². The Labute approximate surface area is 200 Å². The van der Waals surface area contributed by atoms with E-state index in [4.69, 9.17) is 22.1 Å². The topological polar surface area (TPSA) is 93.4 Å². The molecule has 1 aliphatic carbocycles. The Morgan fingerprint density at radius 1 is 1.25 bits per heavy atom. The number of aryl methyl sites for hydroxylation is 2. The summed E-state index contributed by atoms with van der Waals surface area (Å²) in [7, 11) is 0. The highest BCUT2D eigenvalue weighted by molar-refractivity contribution is 7.80. The van der Waals surface area contributed by atoms with Gasteiger partial charge in [0.2, 0.25) is 6.41 Å². The summed E-state index contributed by atoms with van der Waals surface area (Å²) in [5.41, 5.74) is 8.92. The Balaban J connectivity index is 0.000000199. The lowest BCUT2D eigenvalue weighted by atomic mass is 9.78. The third-order valence-corrected chi connectivity index (χ3v) is 8.06. The molecule has 0 atom stereocenters. The van der Waals surface area contributed by atoms with Crippen molar-refractivity contribution in [2.45, 2.75) is 30.6 Å². The molecule has 4 heterocycles. The molecule has 32 heavy (non-hydrogen) atoms. The number of ether oxygens (including phenoxy) is 1. The number of likely N-dealkylation sites (tertiary alicyclic amines) is 1. The van der Waals surface area contributed by atoms with E-state index in [-0.39, 0.29) is 0 Å². The molecule has 2 aromatic heterocycles. The third-order valence-electron chi connectivity index (χ3n) is 6.16. The van der Waals surface area contributed by atoms with E-state index in [0.29, 0.717) is 21.0 Å². The number of carbonyl (C=O) groups excluding carboxylic acids is 1. The van der Waals surface area contributed by atoms with Crippen molar-refractivity contribution in [3.63, 3.8) is 0 Å². The first-order valence-electron chi connectivity index (χ1n) is 10.6. The zero-order chi connectivity index (χ0) is 22.3. The number of fused-ring (bicyclic) bond motifs is 3. The van der Waals surface area contributed by atoms with E-state index in [1.807, 2.05) is 6.07 Å². The number of nitrogens with two attached hydrogens (primary N) is 1. The number of thiophene rings is 1. The van der Waals surface area contributed by atoms with E-state index in [0.717, 1.165) is 67.3 Å². The minimum absolute atomic E-state index is 0.390. The first-order chi connectivity index (χ1) is 15.5. The molecule has 1 aromatic carbocycles. The first-order valence-corrected chi connectivity index (χ1v) is 12.2. The van der Waals surface area contributed by atoms with Gasteiger partial charge in [0.25, 0.3) is 0 Å². The van der Waals surface area contributed by atoms with Gasteiger partial charge in [0.15, 0.2) is 0 Å². The standard InChI is InChI=1S/C16H15ClN4S2.C6H9NO2/c17-9-5-10(18)12(22)6-11(9)21-15-14-8-3-1-2-4-13(8)23-16(14)20-7-19-15;8-5-7-1-6(2-7)3-9-4-6/h5-7,22H,1-4,18H2,(H,19,20,21);5H,1-4H2. The Morgan fingerprint density at radius 2 is 2.03 bits per heavy atom. The minimum atomic E-state index is 0.390. The highest BCUT2D eigenvalue weighted by Crippen LogP contribution is 2.40. The van der Waals surface area contributed by atoms with Gasteiger partial charge < -0.3 is 20.7 Å². The molecule has 168 valence electrons. The smallest absolute Gasteiger partial charge is 0.209 e. The summed E-state index contributed by atoms with van der Waals surface area (Å²) in [6.07, 6.45) is 7.20. The van der Waals surface area contributed by atoms with Crippen LogP contribution in [-0.2, 0) is 22.4 Å². The van der Waals surface area contributed by atoms with Crippen LogP contribution in [0.15, 0.2) is 23.4 Å². The lowest BCUT2D eigenvalue weighted by Crippen LogP contribution is -2.65. The second-order valence-corrected chi connectivity index (χ2v) is 10.6. The molecule has 0 unspecified atom stereocenters. The Morgan fingerprint density at radius 3 is 2.75 bits per heavy atom. The van der Waals surface area contributed by atoms with Gasteiger partial charge >= 0.3 is 0 Å². The molecule has 3 N–H and O–H groups in total. The van der Waals surface area contributed by atoms with Crippen molar-refractivity contribution in [2.75, 3.05) is 37.4 Å². The fourth-order valence-electron chi connectivity index (χ4n) is 4.45. The van der Waals surface area contributed by atoms with Crippen LogP contribution >= 0.6 is 35.6 Å². The largest absolute Gasteiger partial charge is 0.398 e. The summed E-state index contributed by atoms with van der Waals surface area (Å²) < 4.78 is 5.03. The van der Waals surface area contributed by atoms with Gasteiger partial charge in [-0.1, -0.05) is 11.6 Å². The van der Waals surface area contributed by atoms with Crippen LogP contribution in [0.4, 0.5) is 17.2 Å². The highest BCUT2D eigenvalue weighted by atomic mass is 35.5. The molecule has 2 aliphatic heterocycles. The average molecular weight is 490 g/mol. The molecule has 10 heteroatoms. The number of benzene rings is 1. The Kier molecular flexibility index (Phi) is 5.92. The van der Waals surface area contributed by atoms with E-state index >= 15 is 0 Å². The number of anilines is 3. The molecular weight excluding hydrogens is 466 g/mol. The number of hydrogen-bond acceptors (Lipinski definition) is 8. The molecule has 6 rings (SSSR count). The van der Waals surface area contributed by atoms with E-state index in [9.17, 15) is 4.79 Å². The van der Waals surface area contributed by atoms with E-state index in [1.54, 1.807) is 28.6 Å². The quantitative estimate of drug-likeness (QED) is 0.288. The Hall–Kier alpha value is -2.07. The number of carbonyl (C=O) groups is 1. The van der Waals surface area contributed by atoms with Crippen LogP contribution in [0.5, 0.6) is 0 Å². The van der Waals surface area contributed by atoms with Gasteiger partial charge in [-0.05, 0) is 43.4 Å². The van der Waals surface area contributed by atoms with Crippen LogP contribution in [0.1, 0.15) is 23.3 Å². The van der Waals surface area contributed by atoms with Gasteiger partial charge in [-0.2, -0.15) is 0 Å². The number of nitrogens with zero attached hydrogens (tertiary/aromatic N) is 3. The molecule has 3 aliphatic rings. The van der Waals surface area contributed by atoms with Gasteiger partial charge in [-0.25, -0.2) is 9.97 Å².